The smallest absolute Gasteiger partial charge is 0.182 e. The summed E-state index contributed by atoms with van der Waals surface area (Å²) in [6.45, 7) is 0. The zero-order valence-corrected chi connectivity index (χ0v) is 12.1. The van der Waals surface area contributed by atoms with Crippen LogP contribution in [0.3, 0.4) is 0 Å². The SMILES string of the molecule is Nc1cc(Cl)ccc1CS(=O)(=O)c1cccc(Cl)c1. The summed E-state index contributed by atoms with van der Waals surface area (Å²) in [7, 11) is -3.48. The molecule has 3 nitrogen and oxygen atoms in total. The molecule has 2 aromatic carbocycles. The number of hydrogen-bond acceptors (Lipinski definition) is 3. The second-order valence-electron chi connectivity index (χ2n) is 4.06. The first-order valence-electron chi connectivity index (χ1n) is 5.41. The minimum Gasteiger partial charge on any atom is -0.398 e. The van der Waals surface area contributed by atoms with Crippen molar-refractivity contribution in [3.63, 3.8) is 0 Å². The third-order valence-corrected chi connectivity index (χ3v) is 4.74. The van der Waals surface area contributed by atoms with Gasteiger partial charge in [0.05, 0.1) is 10.6 Å². The molecule has 0 bridgehead atoms. The van der Waals surface area contributed by atoms with Crippen molar-refractivity contribution in [2.24, 2.45) is 0 Å². The van der Waals surface area contributed by atoms with E-state index in [-0.39, 0.29) is 10.6 Å². The predicted molar refractivity (Wildman–Crippen MR) is 78.2 cm³/mol. The molecule has 2 aromatic rings. The Morgan fingerprint density at radius 1 is 1.00 bits per heavy atom. The Balaban J connectivity index is 2.36. The molecule has 0 amide bonds. The standard InChI is InChI=1S/C13H11Cl2NO2S/c14-10-2-1-3-12(6-10)19(17,18)8-9-4-5-11(15)7-13(9)16/h1-7H,8,16H2. The Morgan fingerprint density at radius 2 is 1.68 bits per heavy atom. The van der Waals surface area contributed by atoms with Crippen molar-refractivity contribution >= 4 is 38.7 Å². The normalized spacial score (nSPS) is 11.5. The molecule has 0 heterocycles. The van der Waals surface area contributed by atoms with Gasteiger partial charge < -0.3 is 5.73 Å². The van der Waals surface area contributed by atoms with Gasteiger partial charge in [-0.15, -0.1) is 0 Å². The van der Waals surface area contributed by atoms with Gasteiger partial charge in [-0.1, -0.05) is 35.3 Å². The molecule has 0 aromatic heterocycles. The highest BCUT2D eigenvalue weighted by Crippen LogP contribution is 2.24. The summed E-state index contributed by atoms with van der Waals surface area (Å²) < 4.78 is 24.5. The summed E-state index contributed by atoms with van der Waals surface area (Å²) in [6, 6.07) is 10.9. The van der Waals surface area contributed by atoms with Crippen LogP contribution in [0.25, 0.3) is 0 Å². The minimum absolute atomic E-state index is 0.175. The number of nitrogens with two attached hydrogens (primary N) is 1. The van der Waals surface area contributed by atoms with Crippen molar-refractivity contribution in [1.82, 2.24) is 0 Å². The van der Waals surface area contributed by atoms with Crippen LogP contribution in [0.5, 0.6) is 0 Å². The number of sulfone groups is 1. The fourth-order valence-corrected chi connectivity index (χ4v) is 3.51. The maximum atomic E-state index is 12.2. The maximum absolute atomic E-state index is 12.2. The molecule has 0 aliphatic heterocycles. The average Bonchev–Trinajstić information content (AvgIpc) is 2.33. The molecule has 0 radical (unpaired) electrons. The van der Waals surface area contributed by atoms with Crippen LogP contribution in [0.2, 0.25) is 10.0 Å². The molecular weight excluding hydrogens is 305 g/mol. The Hall–Kier alpha value is -1.23. The monoisotopic (exact) mass is 315 g/mol. The van der Waals surface area contributed by atoms with Gasteiger partial charge in [-0.05, 0) is 35.9 Å². The highest BCUT2D eigenvalue weighted by molar-refractivity contribution is 7.90. The van der Waals surface area contributed by atoms with Crippen LogP contribution in [0.4, 0.5) is 5.69 Å². The largest absolute Gasteiger partial charge is 0.398 e. The number of anilines is 1. The van der Waals surface area contributed by atoms with E-state index in [9.17, 15) is 8.42 Å². The quantitative estimate of drug-likeness (QED) is 0.881. The summed E-state index contributed by atoms with van der Waals surface area (Å²) in [4.78, 5) is 0.175. The molecule has 0 aliphatic carbocycles. The van der Waals surface area contributed by atoms with Crippen molar-refractivity contribution in [2.45, 2.75) is 10.6 Å². The zero-order chi connectivity index (χ0) is 14.0. The lowest BCUT2D eigenvalue weighted by atomic mass is 10.2. The van der Waals surface area contributed by atoms with E-state index in [0.717, 1.165) is 0 Å². The van der Waals surface area contributed by atoms with Gasteiger partial charge >= 0.3 is 0 Å². The fraction of sp³-hybridized carbons (Fsp3) is 0.0769. The van der Waals surface area contributed by atoms with Crippen LogP contribution in [-0.2, 0) is 15.6 Å². The molecule has 0 aliphatic rings. The molecule has 0 atom stereocenters. The topological polar surface area (TPSA) is 60.2 Å². The molecule has 2 rings (SSSR count). The van der Waals surface area contributed by atoms with Gasteiger partial charge in [0, 0.05) is 15.7 Å². The Morgan fingerprint density at radius 3 is 2.32 bits per heavy atom. The van der Waals surface area contributed by atoms with Crippen LogP contribution in [0.15, 0.2) is 47.4 Å². The highest BCUT2D eigenvalue weighted by atomic mass is 35.5. The van der Waals surface area contributed by atoms with E-state index in [0.29, 0.717) is 21.3 Å². The van der Waals surface area contributed by atoms with Crippen molar-refractivity contribution in [3.05, 3.63) is 58.1 Å². The van der Waals surface area contributed by atoms with E-state index in [1.54, 1.807) is 24.3 Å². The van der Waals surface area contributed by atoms with Crippen molar-refractivity contribution in [1.29, 1.82) is 0 Å². The molecule has 0 saturated carbocycles. The number of hydrogen-bond donors (Lipinski definition) is 1. The molecule has 0 fully saturated rings. The van der Waals surface area contributed by atoms with Crippen LogP contribution in [0, 0.1) is 0 Å². The van der Waals surface area contributed by atoms with Crippen LogP contribution < -0.4 is 5.73 Å². The van der Waals surface area contributed by atoms with Crippen LogP contribution in [0.1, 0.15) is 5.56 Å². The van der Waals surface area contributed by atoms with E-state index >= 15 is 0 Å². The molecular formula is C13H11Cl2NO2S. The minimum atomic E-state index is -3.48. The Kier molecular flexibility index (Phi) is 4.04. The first-order valence-corrected chi connectivity index (χ1v) is 7.81. The number of halogens is 2. The number of nitrogen functional groups attached to an aromatic ring is 1. The van der Waals surface area contributed by atoms with Crippen molar-refractivity contribution in [3.8, 4) is 0 Å². The van der Waals surface area contributed by atoms with Gasteiger partial charge in [0.25, 0.3) is 0 Å². The molecule has 100 valence electrons. The van der Waals surface area contributed by atoms with Gasteiger partial charge in [-0.3, -0.25) is 0 Å². The molecule has 2 N–H and O–H groups in total. The van der Waals surface area contributed by atoms with Gasteiger partial charge in [0.1, 0.15) is 0 Å². The first kappa shape index (κ1) is 14.2. The summed E-state index contributed by atoms with van der Waals surface area (Å²) in [5.74, 6) is -0.184. The molecule has 6 heteroatoms. The fourth-order valence-electron chi connectivity index (χ4n) is 1.65. The lowest BCUT2D eigenvalue weighted by Gasteiger charge is -2.08. The van der Waals surface area contributed by atoms with E-state index in [4.69, 9.17) is 28.9 Å². The number of benzene rings is 2. The van der Waals surface area contributed by atoms with E-state index in [1.807, 2.05) is 0 Å². The highest BCUT2D eigenvalue weighted by Gasteiger charge is 2.17. The van der Waals surface area contributed by atoms with E-state index in [1.165, 1.54) is 18.2 Å². The summed E-state index contributed by atoms with van der Waals surface area (Å²) in [5, 5.41) is 0.853. The summed E-state index contributed by atoms with van der Waals surface area (Å²) in [6.07, 6.45) is 0. The molecule has 0 saturated heterocycles. The van der Waals surface area contributed by atoms with Gasteiger partial charge in [0.2, 0.25) is 0 Å². The van der Waals surface area contributed by atoms with Gasteiger partial charge in [-0.2, -0.15) is 0 Å². The Labute approximate surface area is 121 Å². The van der Waals surface area contributed by atoms with E-state index < -0.39 is 9.84 Å². The van der Waals surface area contributed by atoms with Gasteiger partial charge in [-0.25, -0.2) is 8.42 Å². The number of rotatable bonds is 3. The van der Waals surface area contributed by atoms with Crippen LogP contribution >= 0.6 is 23.2 Å². The van der Waals surface area contributed by atoms with E-state index in [2.05, 4.69) is 0 Å². The third kappa shape index (κ3) is 3.41. The maximum Gasteiger partial charge on any atom is 0.182 e. The zero-order valence-electron chi connectivity index (χ0n) is 9.81. The molecule has 19 heavy (non-hydrogen) atoms. The second kappa shape index (κ2) is 5.41. The average molecular weight is 316 g/mol. The second-order valence-corrected chi connectivity index (χ2v) is 6.92. The summed E-state index contributed by atoms with van der Waals surface area (Å²) in [5.41, 5.74) is 6.64. The molecule has 0 unspecified atom stereocenters. The van der Waals surface area contributed by atoms with Crippen molar-refractivity contribution < 1.29 is 8.42 Å². The van der Waals surface area contributed by atoms with Gasteiger partial charge in [0.15, 0.2) is 9.84 Å². The molecule has 0 spiro atoms. The predicted octanol–water partition coefficient (Wildman–Crippen LogP) is 3.55. The third-order valence-electron chi connectivity index (χ3n) is 2.61. The Bertz CT molecular complexity index is 714. The lowest BCUT2D eigenvalue weighted by molar-refractivity contribution is 0.595. The first-order chi connectivity index (χ1) is 8.88. The lowest BCUT2D eigenvalue weighted by Crippen LogP contribution is -2.07. The van der Waals surface area contributed by atoms with Crippen molar-refractivity contribution in [2.75, 3.05) is 5.73 Å². The summed E-state index contributed by atoms with van der Waals surface area (Å²) >= 11 is 11.6. The van der Waals surface area contributed by atoms with Crippen LogP contribution in [-0.4, -0.2) is 8.42 Å².